The molecular weight excluding hydrogens is 247 g/mol. The summed E-state index contributed by atoms with van der Waals surface area (Å²) in [5, 5.41) is 4.65. The average Bonchev–Trinajstić information content (AvgIpc) is 2.17. The first kappa shape index (κ1) is 16.0. The van der Waals surface area contributed by atoms with Crippen LogP contribution in [0, 0.1) is 0 Å². The maximum Gasteiger partial charge on any atom is 1.00 e. The van der Waals surface area contributed by atoms with E-state index >= 15 is 0 Å². The van der Waals surface area contributed by atoms with Crippen LogP contribution in [0.25, 0.3) is 0 Å². The molecule has 1 aromatic rings. The molecular formula is C8H9BF3KN2O. The van der Waals surface area contributed by atoms with Gasteiger partial charge in [0.1, 0.15) is 0 Å². The van der Waals surface area contributed by atoms with Crippen molar-refractivity contribution in [3.8, 4) is 0 Å². The molecule has 0 fully saturated rings. The van der Waals surface area contributed by atoms with Crippen molar-refractivity contribution in [3.63, 3.8) is 0 Å². The third-order valence-electron chi connectivity index (χ3n) is 1.77. The molecule has 1 rings (SSSR count). The second-order valence-corrected chi connectivity index (χ2v) is 2.90. The van der Waals surface area contributed by atoms with Crippen molar-refractivity contribution in [1.82, 2.24) is 5.32 Å². The number of halogens is 3. The summed E-state index contributed by atoms with van der Waals surface area (Å²) in [4.78, 5) is 10.8. The number of anilines is 1. The van der Waals surface area contributed by atoms with Crippen molar-refractivity contribution >= 4 is 24.2 Å². The fraction of sp³-hybridized carbons (Fsp3) is 0.125. The minimum Gasteiger partial charge on any atom is -0.445 e. The van der Waals surface area contributed by atoms with Crippen LogP contribution in [0.3, 0.4) is 0 Å². The Labute approximate surface area is 134 Å². The molecule has 0 unspecified atom stereocenters. The van der Waals surface area contributed by atoms with Crippen molar-refractivity contribution in [3.05, 3.63) is 24.3 Å². The van der Waals surface area contributed by atoms with E-state index < -0.39 is 18.5 Å². The van der Waals surface area contributed by atoms with Crippen LogP contribution in [0.15, 0.2) is 24.3 Å². The first-order valence-electron chi connectivity index (χ1n) is 4.22. The fourth-order valence-electron chi connectivity index (χ4n) is 0.978. The number of rotatable bonds is 2. The zero-order valence-electron chi connectivity index (χ0n) is 8.93. The van der Waals surface area contributed by atoms with E-state index in [0.29, 0.717) is 5.69 Å². The predicted molar refractivity (Wildman–Crippen MR) is 53.2 cm³/mol. The van der Waals surface area contributed by atoms with Gasteiger partial charge in [-0.3, -0.25) is 0 Å². The van der Waals surface area contributed by atoms with Gasteiger partial charge in [-0.2, -0.15) is 0 Å². The Bertz CT molecular complexity index is 355. The Morgan fingerprint density at radius 2 is 1.69 bits per heavy atom. The molecule has 0 heterocycles. The van der Waals surface area contributed by atoms with Crippen molar-refractivity contribution in [1.29, 1.82) is 0 Å². The Balaban J connectivity index is 0.00000225. The van der Waals surface area contributed by atoms with Gasteiger partial charge < -0.3 is 23.6 Å². The number of carbonyl (C=O) groups excluding carboxylic acids is 1. The van der Waals surface area contributed by atoms with Crippen molar-refractivity contribution in [2.75, 3.05) is 12.4 Å². The number of benzene rings is 1. The summed E-state index contributed by atoms with van der Waals surface area (Å²) in [5.41, 5.74) is -0.365. The standard InChI is InChI=1S/C8H9BF3N2O.K/c1-13-8(15)14-7-4-2-6(3-5-7)9(10,11)12;/h2-5H,1H3,(H2,13,14,15);/q-1;+1. The average molecular weight is 256 g/mol. The molecule has 0 radical (unpaired) electrons. The zero-order chi connectivity index (χ0) is 11.5. The van der Waals surface area contributed by atoms with Gasteiger partial charge in [0.25, 0.3) is 0 Å². The number of urea groups is 1. The summed E-state index contributed by atoms with van der Waals surface area (Å²) >= 11 is 0. The molecule has 2 N–H and O–H groups in total. The van der Waals surface area contributed by atoms with Crippen LogP contribution in [-0.4, -0.2) is 20.1 Å². The smallest absolute Gasteiger partial charge is 0.445 e. The molecule has 0 aromatic heterocycles. The van der Waals surface area contributed by atoms with Crippen LogP contribution in [-0.2, 0) is 0 Å². The Morgan fingerprint density at radius 3 is 2.06 bits per heavy atom. The molecule has 0 aliphatic rings. The normalized spacial score (nSPS) is 10.2. The van der Waals surface area contributed by atoms with Crippen LogP contribution >= 0.6 is 0 Å². The van der Waals surface area contributed by atoms with Gasteiger partial charge in [-0.1, -0.05) is 12.1 Å². The van der Waals surface area contributed by atoms with Crippen molar-refractivity contribution < 1.29 is 69.1 Å². The summed E-state index contributed by atoms with van der Waals surface area (Å²) in [6.45, 7) is -4.98. The van der Waals surface area contributed by atoms with Gasteiger partial charge >= 0.3 is 64.4 Å². The van der Waals surface area contributed by atoms with Crippen LogP contribution in [0.5, 0.6) is 0 Å². The Hall–Kier alpha value is -0.0187. The van der Waals surface area contributed by atoms with Crippen LogP contribution in [0.1, 0.15) is 0 Å². The molecule has 8 heteroatoms. The number of nitrogens with one attached hydrogen (secondary N) is 2. The SMILES string of the molecule is CNC(=O)Nc1ccc([B-](F)(F)F)cc1.[K+]. The third kappa shape index (κ3) is 4.88. The number of hydrogen-bond acceptors (Lipinski definition) is 1. The largest absolute Gasteiger partial charge is 1.00 e. The molecule has 82 valence electrons. The predicted octanol–water partition coefficient (Wildman–Crippen LogP) is -1.50. The number of carbonyl (C=O) groups is 1. The summed E-state index contributed by atoms with van der Waals surface area (Å²) in [6.07, 6.45) is 0. The second kappa shape index (κ2) is 6.65. The molecule has 0 aliphatic carbocycles. The van der Waals surface area contributed by atoms with Gasteiger partial charge in [0.15, 0.2) is 0 Å². The Kier molecular flexibility index (Phi) is 6.64. The van der Waals surface area contributed by atoms with Crippen LogP contribution < -0.4 is 67.5 Å². The number of amides is 2. The monoisotopic (exact) mass is 256 g/mol. The minimum atomic E-state index is -4.98. The van der Waals surface area contributed by atoms with E-state index in [1.807, 2.05) is 0 Å². The molecule has 0 atom stereocenters. The summed E-state index contributed by atoms with van der Waals surface area (Å²) in [6, 6.07) is 3.82. The molecule has 0 aliphatic heterocycles. The van der Waals surface area contributed by atoms with Gasteiger partial charge in [0.05, 0.1) is 0 Å². The third-order valence-corrected chi connectivity index (χ3v) is 1.77. The topological polar surface area (TPSA) is 41.1 Å². The van der Waals surface area contributed by atoms with Crippen LogP contribution in [0.4, 0.5) is 23.4 Å². The Morgan fingerprint density at radius 1 is 1.19 bits per heavy atom. The molecule has 1 aromatic carbocycles. The molecule has 16 heavy (non-hydrogen) atoms. The first-order valence-corrected chi connectivity index (χ1v) is 4.22. The second-order valence-electron chi connectivity index (χ2n) is 2.90. The van der Waals surface area contributed by atoms with Crippen molar-refractivity contribution in [2.45, 2.75) is 0 Å². The minimum absolute atomic E-state index is 0. The van der Waals surface area contributed by atoms with Gasteiger partial charge in [0, 0.05) is 12.7 Å². The fourth-order valence-corrected chi connectivity index (χ4v) is 0.978. The van der Waals surface area contributed by atoms with E-state index in [9.17, 15) is 17.7 Å². The molecule has 2 amide bonds. The van der Waals surface area contributed by atoms with E-state index in [1.165, 1.54) is 19.2 Å². The molecule has 0 saturated heterocycles. The molecule has 0 saturated carbocycles. The van der Waals surface area contributed by atoms with E-state index in [2.05, 4.69) is 10.6 Å². The van der Waals surface area contributed by atoms with Crippen molar-refractivity contribution in [2.24, 2.45) is 0 Å². The van der Waals surface area contributed by atoms with Gasteiger partial charge in [-0.25, -0.2) is 4.79 Å². The van der Waals surface area contributed by atoms with Gasteiger partial charge in [0.2, 0.25) is 0 Å². The van der Waals surface area contributed by atoms with Gasteiger partial charge in [-0.15, -0.1) is 5.46 Å². The summed E-state index contributed by atoms with van der Waals surface area (Å²) in [7, 11) is 1.42. The zero-order valence-corrected chi connectivity index (χ0v) is 12.1. The van der Waals surface area contributed by atoms with E-state index in [1.54, 1.807) is 0 Å². The maximum atomic E-state index is 12.2. The van der Waals surface area contributed by atoms with Crippen LogP contribution in [0.2, 0.25) is 0 Å². The van der Waals surface area contributed by atoms with Gasteiger partial charge in [-0.05, 0) is 12.1 Å². The quantitative estimate of drug-likeness (QED) is 0.621. The first-order chi connectivity index (χ1) is 6.93. The van der Waals surface area contributed by atoms with E-state index in [-0.39, 0.29) is 51.4 Å². The summed E-state index contributed by atoms with van der Waals surface area (Å²) < 4.78 is 36.6. The summed E-state index contributed by atoms with van der Waals surface area (Å²) in [5.74, 6) is 0. The molecule has 3 nitrogen and oxygen atoms in total. The number of hydrogen-bond donors (Lipinski definition) is 2. The van der Waals surface area contributed by atoms with E-state index in [4.69, 9.17) is 0 Å². The molecule has 0 spiro atoms. The molecule has 0 bridgehead atoms. The maximum absolute atomic E-state index is 12.2. The van der Waals surface area contributed by atoms with E-state index in [0.717, 1.165) is 12.1 Å².